The van der Waals surface area contributed by atoms with E-state index in [1.54, 1.807) is 11.3 Å². The minimum absolute atomic E-state index is 0.855. The van der Waals surface area contributed by atoms with E-state index in [9.17, 15) is 0 Å². The van der Waals surface area contributed by atoms with E-state index in [1.165, 1.54) is 11.1 Å². The SMILES string of the molecule is CCCNCc1c(C)nc(-c2cscc2C)nc1C. The summed E-state index contributed by atoms with van der Waals surface area (Å²) in [5.74, 6) is 0.855. The molecule has 0 aliphatic carbocycles. The number of thiophene rings is 1. The van der Waals surface area contributed by atoms with Crippen LogP contribution in [0.2, 0.25) is 0 Å². The van der Waals surface area contributed by atoms with Crippen LogP contribution >= 0.6 is 11.3 Å². The molecule has 0 fully saturated rings. The lowest BCUT2D eigenvalue weighted by Gasteiger charge is -2.11. The van der Waals surface area contributed by atoms with Gasteiger partial charge in [-0.05, 0) is 44.7 Å². The first kappa shape index (κ1) is 14.2. The van der Waals surface area contributed by atoms with Crippen LogP contribution in [0.4, 0.5) is 0 Å². The Morgan fingerprint density at radius 1 is 1.11 bits per heavy atom. The van der Waals surface area contributed by atoms with E-state index < -0.39 is 0 Å². The fourth-order valence-corrected chi connectivity index (χ4v) is 2.92. The summed E-state index contributed by atoms with van der Waals surface area (Å²) in [6.07, 6.45) is 1.14. The van der Waals surface area contributed by atoms with Crippen molar-refractivity contribution in [3.63, 3.8) is 0 Å². The van der Waals surface area contributed by atoms with Crippen molar-refractivity contribution in [2.45, 2.75) is 40.7 Å². The fourth-order valence-electron chi connectivity index (χ4n) is 2.10. The van der Waals surface area contributed by atoms with E-state index in [2.05, 4.69) is 53.7 Å². The summed E-state index contributed by atoms with van der Waals surface area (Å²) in [5.41, 5.74) is 5.79. The Hall–Kier alpha value is -1.26. The van der Waals surface area contributed by atoms with Crippen molar-refractivity contribution in [1.29, 1.82) is 0 Å². The first-order valence-corrected chi connectivity index (χ1v) is 7.65. The number of rotatable bonds is 5. The molecule has 0 aliphatic heterocycles. The van der Waals surface area contributed by atoms with Gasteiger partial charge >= 0.3 is 0 Å². The Kier molecular flexibility index (Phi) is 4.66. The van der Waals surface area contributed by atoms with Crippen molar-refractivity contribution in [1.82, 2.24) is 15.3 Å². The molecular formula is C15H21N3S. The third-order valence-electron chi connectivity index (χ3n) is 3.25. The van der Waals surface area contributed by atoms with Gasteiger partial charge in [-0.25, -0.2) is 9.97 Å². The topological polar surface area (TPSA) is 37.8 Å². The van der Waals surface area contributed by atoms with Gasteiger partial charge in [0.25, 0.3) is 0 Å². The van der Waals surface area contributed by atoms with Gasteiger partial charge in [0.2, 0.25) is 0 Å². The van der Waals surface area contributed by atoms with Gasteiger partial charge < -0.3 is 5.32 Å². The zero-order chi connectivity index (χ0) is 13.8. The molecule has 0 radical (unpaired) electrons. The second-order valence-electron chi connectivity index (χ2n) is 4.84. The molecule has 0 bridgehead atoms. The van der Waals surface area contributed by atoms with E-state index in [1.807, 2.05) is 0 Å². The summed E-state index contributed by atoms with van der Waals surface area (Å²) in [6, 6.07) is 0. The van der Waals surface area contributed by atoms with Gasteiger partial charge in [-0.3, -0.25) is 0 Å². The average molecular weight is 275 g/mol. The summed E-state index contributed by atoms with van der Waals surface area (Å²) >= 11 is 1.70. The third kappa shape index (κ3) is 3.19. The van der Waals surface area contributed by atoms with Crippen LogP contribution in [-0.2, 0) is 6.54 Å². The van der Waals surface area contributed by atoms with E-state index in [0.717, 1.165) is 42.3 Å². The van der Waals surface area contributed by atoms with Crippen molar-refractivity contribution in [2.24, 2.45) is 0 Å². The van der Waals surface area contributed by atoms with Gasteiger partial charge in [0.05, 0.1) is 0 Å². The highest BCUT2D eigenvalue weighted by Crippen LogP contribution is 2.25. The minimum Gasteiger partial charge on any atom is -0.313 e. The molecule has 0 amide bonds. The molecule has 0 aliphatic rings. The number of nitrogens with one attached hydrogen (secondary N) is 1. The molecule has 3 nitrogen and oxygen atoms in total. The van der Waals surface area contributed by atoms with Crippen LogP contribution < -0.4 is 5.32 Å². The molecule has 102 valence electrons. The van der Waals surface area contributed by atoms with Crippen LogP contribution in [0.1, 0.15) is 35.9 Å². The van der Waals surface area contributed by atoms with Crippen molar-refractivity contribution < 1.29 is 0 Å². The van der Waals surface area contributed by atoms with Crippen LogP contribution in [0.15, 0.2) is 10.8 Å². The molecule has 2 aromatic heterocycles. The molecule has 2 rings (SSSR count). The Labute approximate surface area is 119 Å². The molecule has 0 atom stereocenters. The number of aryl methyl sites for hydroxylation is 3. The monoisotopic (exact) mass is 275 g/mol. The standard InChI is InChI=1S/C15H21N3S/c1-5-6-16-7-13-11(3)17-15(18-12(13)4)14-9-19-8-10(14)2/h8-9,16H,5-7H2,1-4H3. The third-order valence-corrected chi connectivity index (χ3v) is 4.11. The fraction of sp³-hybridized carbons (Fsp3) is 0.467. The number of aromatic nitrogens is 2. The summed E-state index contributed by atoms with van der Waals surface area (Å²) in [7, 11) is 0. The molecule has 1 N–H and O–H groups in total. The van der Waals surface area contributed by atoms with Crippen molar-refractivity contribution in [3.8, 4) is 11.4 Å². The molecular weight excluding hydrogens is 254 g/mol. The number of hydrogen-bond acceptors (Lipinski definition) is 4. The van der Waals surface area contributed by atoms with Crippen LogP contribution in [0.25, 0.3) is 11.4 Å². The first-order chi connectivity index (χ1) is 9.13. The maximum atomic E-state index is 4.67. The molecule has 2 heterocycles. The largest absolute Gasteiger partial charge is 0.313 e. The molecule has 0 aromatic carbocycles. The lowest BCUT2D eigenvalue weighted by Crippen LogP contribution is -2.17. The Morgan fingerprint density at radius 3 is 2.32 bits per heavy atom. The number of nitrogens with zero attached hydrogens (tertiary/aromatic N) is 2. The van der Waals surface area contributed by atoms with Crippen LogP contribution in [0, 0.1) is 20.8 Å². The van der Waals surface area contributed by atoms with Crippen LogP contribution in [0.5, 0.6) is 0 Å². The Bertz CT molecular complexity index is 537. The van der Waals surface area contributed by atoms with Gasteiger partial charge in [0, 0.05) is 34.4 Å². The zero-order valence-corrected chi connectivity index (χ0v) is 12.9. The smallest absolute Gasteiger partial charge is 0.160 e. The number of hydrogen-bond donors (Lipinski definition) is 1. The lowest BCUT2D eigenvalue weighted by molar-refractivity contribution is 0.665. The molecule has 0 saturated carbocycles. The lowest BCUT2D eigenvalue weighted by atomic mass is 10.1. The van der Waals surface area contributed by atoms with E-state index in [4.69, 9.17) is 0 Å². The van der Waals surface area contributed by atoms with Gasteiger partial charge in [-0.15, -0.1) is 0 Å². The highest BCUT2D eigenvalue weighted by Gasteiger charge is 2.11. The molecule has 0 unspecified atom stereocenters. The van der Waals surface area contributed by atoms with Crippen molar-refractivity contribution >= 4 is 11.3 Å². The highest BCUT2D eigenvalue weighted by atomic mass is 32.1. The van der Waals surface area contributed by atoms with E-state index in [0.29, 0.717) is 0 Å². The molecule has 4 heteroatoms. The Balaban J connectivity index is 2.29. The van der Waals surface area contributed by atoms with E-state index in [-0.39, 0.29) is 0 Å². The second-order valence-corrected chi connectivity index (χ2v) is 5.59. The van der Waals surface area contributed by atoms with Gasteiger partial charge in [0.1, 0.15) is 0 Å². The maximum absolute atomic E-state index is 4.67. The van der Waals surface area contributed by atoms with Gasteiger partial charge in [-0.1, -0.05) is 6.92 Å². The predicted molar refractivity (Wildman–Crippen MR) is 81.6 cm³/mol. The van der Waals surface area contributed by atoms with Gasteiger partial charge in [-0.2, -0.15) is 11.3 Å². The Morgan fingerprint density at radius 2 is 1.79 bits per heavy atom. The molecule has 19 heavy (non-hydrogen) atoms. The maximum Gasteiger partial charge on any atom is 0.160 e. The summed E-state index contributed by atoms with van der Waals surface area (Å²) < 4.78 is 0. The van der Waals surface area contributed by atoms with Crippen LogP contribution in [0.3, 0.4) is 0 Å². The summed E-state index contributed by atoms with van der Waals surface area (Å²) in [5, 5.41) is 7.68. The molecule has 0 spiro atoms. The van der Waals surface area contributed by atoms with E-state index >= 15 is 0 Å². The van der Waals surface area contributed by atoms with Crippen molar-refractivity contribution in [2.75, 3.05) is 6.54 Å². The predicted octanol–water partition coefficient (Wildman–Crippen LogP) is 3.63. The first-order valence-electron chi connectivity index (χ1n) is 6.71. The van der Waals surface area contributed by atoms with Crippen molar-refractivity contribution in [3.05, 3.63) is 33.3 Å². The highest BCUT2D eigenvalue weighted by molar-refractivity contribution is 7.08. The second kappa shape index (κ2) is 6.26. The summed E-state index contributed by atoms with van der Waals surface area (Å²) in [6.45, 7) is 10.3. The van der Waals surface area contributed by atoms with Crippen LogP contribution in [-0.4, -0.2) is 16.5 Å². The summed E-state index contributed by atoms with van der Waals surface area (Å²) in [4.78, 5) is 9.34. The normalized spacial score (nSPS) is 10.9. The molecule has 0 saturated heterocycles. The average Bonchev–Trinajstić information content (AvgIpc) is 2.79. The minimum atomic E-state index is 0.855. The van der Waals surface area contributed by atoms with Gasteiger partial charge in [0.15, 0.2) is 5.82 Å². The molecule has 2 aromatic rings. The zero-order valence-electron chi connectivity index (χ0n) is 12.1. The quantitative estimate of drug-likeness (QED) is 0.847.